The number of benzene rings is 2. The van der Waals surface area contributed by atoms with Gasteiger partial charge >= 0.3 is 18.2 Å². The molecule has 58 heavy (non-hydrogen) atoms. The lowest BCUT2D eigenvalue weighted by molar-refractivity contribution is -0.149. The van der Waals surface area contributed by atoms with Crippen molar-refractivity contribution in [2.45, 2.75) is 109 Å². The lowest BCUT2D eigenvalue weighted by Gasteiger charge is -2.31. The number of aromatic nitrogens is 1. The molecule has 2 aliphatic heterocycles. The standard InChI is InChI=1S/C32H47N5O10.C9H8N2/c1-31(2,3)46-29(44)33-16-25(39)34-20-14-22(37(18-20)30(45)47-32(4,5)6)27(41)36-17-21(15-23(36)28(42)43)35-26(40)24(38)13-12-19-10-8-7-9-11-19;10-8-5-7-3-1-2-4-9(7)11-6-8/h7-11,20-24,38H,12-18H2,1-6H3,(H,33,44)(H,34,39)(H,35,40)(H,42,43);1-6H,10H2/t20-,21-,22+,23+,24-;/m1./s1. The maximum Gasteiger partial charge on any atom is 0.411 e. The number of likely N-dealkylation sites (tertiary alicyclic amines) is 2. The van der Waals surface area contributed by atoms with Gasteiger partial charge in [0.05, 0.1) is 17.4 Å². The molecular formula is C41H55N7O10. The molecule has 0 spiro atoms. The minimum atomic E-state index is -1.34. The lowest BCUT2D eigenvalue weighted by Crippen LogP contribution is -2.52. The van der Waals surface area contributed by atoms with Crippen molar-refractivity contribution >= 4 is 52.5 Å². The second-order valence-corrected chi connectivity index (χ2v) is 16.3. The largest absolute Gasteiger partial charge is 0.480 e. The van der Waals surface area contributed by atoms with E-state index in [0.29, 0.717) is 12.1 Å². The number of carbonyl (C=O) groups excluding carboxylic acids is 5. The van der Waals surface area contributed by atoms with Crippen LogP contribution in [0.4, 0.5) is 15.3 Å². The molecule has 5 rings (SSSR count). The summed E-state index contributed by atoms with van der Waals surface area (Å²) in [5.74, 6) is -3.24. The number of rotatable bonds is 10. The van der Waals surface area contributed by atoms with Crippen molar-refractivity contribution in [3.63, 3.8) is 0 Å². The number of carboxylic acids is 1. The SMILES string of the molecule is CC(C)(C)OC(=O)NCC(=O)N[C@@H]1C[C@@H](C(=O)N2C[C@H](NC(=O)[C@H](O)CCc3ccccc3)C[C@H]2C(=O)O)N(C(=O)OC(C)(C)C)C1.Nc1cnc2ccccc2c1. The number of para-hydroxylation sites is 1. The first kappa shape index (κ1) is 44.7. The number of carbonyl (C=O) groups is 6. The van der Waals surface area contributed by atoms with Gasteiger partial charge in [-0.2, -0.15) is 0 Å². The number of hydrogen-bond donors (Lipinski definition) is 6. The van der Waals surface area contributed by atoms with Crippen LogP contribution in [0, 0.1) is 0 Å². The van der Waals surface area contributed by atoms with Crippen molar-refractivity contribution in [2.24, 2.45) is 0 Å². The number of ether oxygens (including phenoxy) is 2. The van der Waals surface area contributed by atoms with Gasteiger partial charge in [0.2, 0.25) is 17.7 Å². The zero-order chi connectivity index (χ0) is 42.8. The summed E-state index contributed by atoms with van der Waals surface area (Å²) in [4.78, 5) is 83.0. The molecule has 1 aromatic heterocycles. The number of carboxylic acid groups (broad SMARTS) is 1. The van der Waals surface area contributed by atoms with Crippen LogP contribution in [-0.2, 0) is 35.1 Å². The highest BCUT2D eigenvalue weighted by molar-refractivity contribution is 5.91. The molecule has 3 heterocycles. The topological polar surface area (TPSA) is 243 Å². The Morgan fingerprint density at radius 3 is 2.10 bits per heavy atom. The number of pyridine rings is 1. The number of nitrogens with two attached hydrogens (primary N) is 1. The van der Waals surface area contributed by atoms with E-state index in [9.17, 15) is 39.0 Å². The number of nitrogen functional groups attached to an aromatic ring is 1. The van der Waals surface area contributed by atoms with Gasteiger partial charge in [-0.15, -0.1) is 0 Å². The van der Waals surface area contributed by atoms with Gasteiger partial charge < -0.3 is 46.3 Å². The Morgan fingerprint density at radius 1 is 0.845 bits per heavy atom. The van der Waals surface area contributed by atoms with E-state index in [0.717, 1.165) is 26.3 Å². The first-order chi connectivity index (χ1) is 27.2. The fraction of sp³-hybridized carbons (Fsp3) is 0.488. The number of amides is 5. The molecule has 3 aromatic rings. The van der Waals surface area contributed by atoms with E-state index in [1.54, 1.807) is 47.7 Å². The molecule has 5 amide bonds. The van der Waals surface area contributed by atoms with E-state index in [2.05, 4.69) is 20.9 Å². The van der Waals surface area contributed by atoms with E-state index in [1.807, 2.05) is 60.7 Å². The smallest absolute Gasteiger partial charge is 0.411 e. The quantitative estimate of drug-likeness (QED) is 0.173. The summed E-state index contributed by atoms with van der Waals surface area (Å²) in [6.45, 7) is 9.31. The zero-order valence-electron chi connectivity index (χ0n) is 33.8. The molecule has 17 heteroatoms. The molecule has 0 radical (unpaired) electrons. The minimum Gasteiger partial charge on any atom is -0.480 e. The van der Waals surface area contributed by atoms with Gasteiger partial charge in [-0.1, -0.05) is 48.5 Å². The van der Waals surface area contributed by atoms with Crippen LogP contribution in [0.25, 0.3) is 10.9 Å². The van der Waals surface area contributed by atoms with Gasteiger partial charge in [0.1, 0.15) is 35.9 Å². The number of aryl methyl sites for hydroxylation is 1. The zero-order valence-corrected chi connectivity index (χ0v) is 33.8. The van der Waals surface area contributed by atoms with E-state index in [-0.39, 0.29) is 32.4 Å². The first-order valence-corrected chi connectivity index (χ1v) is 19.1. The number of hydrogen-bond acceptors (Lipinski definition) is 11. The Labute approximate surface area is 337 Å². The van der Waals surface area contributed by atoms with Gasteiger partial charge in [-0.25, -0.2) is 14.4 Å². The average Bonchev–Trinajstić information content (AvgIpc) is 3.77. The van der Waals surface area contributed by atoms with Gasteiger partial charge in [0, 0.05) is 37.0 Å². The highest BCUT2D eigenvalue weighted by atomic mass is 16.6. The molecule has 0 aliphatic carbocycles. The molecule has 2 saturated heterocycles. The maximum atomic E-state index is 13.9. The Balaban J connectivity index is 0.000000575. The number of alkyl carbamates (subject to hydrolysis) is 1. The molecule has 2 fully saturated rings. The van der Waals surface area contributed by atoms with E-state index in [4.69, 9.17) is 15.2 Å². The fourth-order valence-corrected chi connectivity index (χ4v) is 6.52. The summed E-state index contributed by atoms with van der Waals surface area (Å²) >= 11 is 0. The number of anilines is 1. The Kier molecular flexibility index (Phi) is 15.0. The minimum absolute atomic E-state index is 0.0473. The van der Waals surface area contributed by atoms with Crippen molar-refractivity contribution < 1.29 is 48.5 Å². The van der Waals surface area contributed by atoms with E-state index in [1.165, 1.54) is 0 Å². The molecular weight excluding hydrogens is 750 g/mol. The third-order valence-electron chi connectivity index (χ3n) is 9.05. The number of aliphatic hydroxyl groups is 1. The van der Waals surface area contributed by atoms with Gasteiger partial charge in [-0.3, -0.25) is 24.3 Å². The number of fused-ring (bicyclic) bond motifs is 1. The molecule has 314 valence electrons. The van der Waals surface area contributed by atoms with Crippen molar-refractivity contribution in [3.05, 3.63) is 72.4 Å². The molecule has 7 N–H and O–H groups in total. The number of aliphatic hydroxyl groups excluding tert-OH is 1. The van der Waals surface area contributed by atoms with E-state index < -0.39 is 83.9 Å². The number of nitrogens with zero attached hydrogens (tertiary/aromatic N) is 3. The molecule has 0 unspecified atom stereocenters. The summed E-state index contributed by atoms with van der Waals surface area (Å²) in [5, 5.41) is 29.2. The van der Waals surface area contributed by atoms with Gasteiger partial charge in [0.15, 0.2) is 0 Å². The first-order valence-electron chi connectivity index (χ1n) is 19.1. The van der Waals surface area contributed by atoms with Crippen LogP contribution in [-0.4, -0.2) is 122 Å². The van der Waals surface area contributed by atoms with Gasteiger partial charge in [-0.05, 0) is 78.5 Å². The van der Waals surface area contributed by atoms with Crippen molar-refractivity contribution in [3.8, 4) is 0 Å². The lowest BCUT2D eigenvalue weighted by atomic mass is 10.1. The molecule has 17 nitrogen and oxygen atoms in total. The average molecular weight is 806 g/mol. The third-order valence-corrected chi connectivity index (χ3v) is 9.05. The Morgan fingerprint density at radius 2 is 1.45 bits per heavy atom. The highest BCUT2D eigenvalue weighted by Gasteiger charge is 2.48. The Bertz CT molecular complexity index is 1930. The van der Waals surface area contributed by atoms with Crippen LogP contribution in [0.3, 0.4) is 0 Å². The summed E-state index contributed by atoms with van der Waals surface area (Å²) < 4.78 is 10.6. The molecule has 0 bridgehead atoms. The third kappa shape index (κ3) is 13.6. The molecule has 2 aliphatic rings. The highest BCUT2D eigenvalue weighted by Crippen LogP contribution is 2.27. The van der Waals surface area contributed by atoms with Crippen LogP contribution in [0.2, 0.25) is 0 Å². The summed E-state index contributed by atoms with van der Waals surface area (Å²) in [7, 11) is 0. The predicted octanol–water partition coefficient (Wildman–Crippen LogP) is 2.99. The van der Waals surface area contributed by atoms with Crippen LogP contribution in [0.5, 0.6) is 0 Å². The monoisotopic (exact) mass is 805 g/mol. The van der Waals surface area contributed by atoms with Gasteiger partial charge in [0.25, 0.3) is 0 Å². The van der Waals surface area contributed by atoms with Crippen molar-refractivity contribution in [1.29, 1.82) is 0 Å². The Hall–Kier alpha value is -5.97. The number of nitrogens with one attached hydrogen (secondary N) is 3. The molecule has 0 saturated carbocycles. The van der Waals surface area contributed by atoms with Crippen LogP contribution < -0.4 is 21.7 Å². The fourth-order valence-electron chi connectivity index (χ4n) is 6.52. The second kappa shape index (κ2) is 19.5. The van der Waals surface area contributed by atoms with Crippen LogP contribution in [0.15, 0.2) is 66.9 Å². The van der Waals surface area contributed by atoms with Crippen LogP contribution in [0.1, 0.15) is 66.4 Å². The number of aliphatic carboxylic acids is 1. The normalized spacial score (nSPS) is 19.6. The molecule has 5 atom stereocenters. The molecule has 2 aromatic carbocycles. The summed E-state index contributed by atoms with van der Waals surface area (Å²) in [5.41, 5.74) is 6.54. The van der Waals surface area contributed by atoms with Crippen molar-refractivity contribution in [2.75, 3.05) is 25.4 Å². The second-order valence-electron chi connectivity index (χ2n) is 16.3. The summed E-state index contributed by atoms with van der Waals surface area (Å²) in [6, 6.07) is 15.2. The van der Waals surface area contributed by atoms with E-state index >= 15 is 0 Å². The maximum absolute atomic E-state index is 13.9. The predicted molar refractivity (Wildman–Crippen MR) is 214 cm³/mol. The van der Waals surface area contributed by atoms with Crippen molar-refractivity contribution in [1.82, 2.24) is 30.7 Å². The summed E-state index contributed by atoms with van der Waals surface area (Å²) in [6.07, 6.45) is -0.821. The van der Waals surface area contributed by atoms with Crippen LogP contribution >= 0.6 is 0 Å².